The Morgan fingerprint density at radius 3 is 2.74 bits per heavy atom. The van der Waals surface area contributed by atoms with Gasteiger partial charge < -0.3 is 20.1 Å². The van der Waals surface area contributed by atoms with E-state index in [1.165, 1.54) is 33.3 Å². The Kier molecular flexibility index (Phi) is 7.46. The molecule has 3 atom stereocenters. The number of allylic oxidation sites excluding steroid dienone is 2. The number of benzene rings is 1. The molecule has 0 aliphatic carbocycles. The van der Waals surface area contributed by atoms with Crippen LogP contribution in [0.4, 0.5) is 0 Å². The molecule has 1 aliphatic heterocycles. The molecule has 4 heteroatoms. The van der Waals surface area contributed by atoms with E-state index in [4.69, 9.17) is 4.74 Å². The van der Waals surface area contributed by atoms with Crippen molar-refractivity contribution in [3.8, 4) is 0 Å². The molecule has 0 bridgehead atoms. The molecule has 0 spiro atoms. The van der Waals surface area contributed by atoms with Crippen molar-refractivity contribution in [3.63, 3.8) is 0 Å². The van der Waals surface area contributed by atoms with E-state index >= 15 is 0 Å². The Morgan fingerprint density at radius 1 is 1.35 bits per heavy atom. The van der Waals surface area contributed by atoms with Gasteiger partial charge in [0, 0.05) is 23.7 Å². The van der Waals surface area contributed by atoms with Gasteiger partial charge in [0.2, 0.25) is 0 Å². The smallest absolute Gasteiger partial charge is 0.0620 e. The summed E-state index contributed by atoms with van der Waals surface area (Å²) >= 11 is 0. The van der Waals surface area contributed by atoms with E-state index in [0.717, 1.165) is 38.8 Å². The zero-order chi connectivity index (χ0) is 22.6. The molecular formula is C27H40N2O2. The molecule has 3 rings (SSSR count). The normalized spacial score (nSPS) is 23.9. The van der Waals surface area contributed by atoms with Crippen LogP contribution in [0, 0.1) is 5.92 Å². The average Bonchev–Trinajstić information content (AvgIpc) is 3.11. The molecule has 0 unspecified atom stereocenters. The Bertz CT molecular complexity index is 936. The fraction of sp³-hybridized carbons (Fsp3) is 0.556. The number of nitrogens with one attached hydrogen (secondary N) is 2. The van der Waals surface area contributed by atoms with Gasteiger partial charge in [-0.15, -0.1) is 0 Å². The van der Waals surface area contributed by atoms with Crippen LogP contribution < -0.4 is 5.32 Å². The largest absolute Gasteiger partial charge is 0.390 e. The van der Waals surface area contributed by atoms with E-state index in [2.05, 4.69) is 61.9 Å². The third-order valence-electron chi connectivity index (χ3n) is 7.05. The molecular weight excluding hydrogens is 384 g/mol. The van der Waals surface area contributed by atoms with Crippen LogP contribution in [0.3, 0.4) is 0 Å². The van der Waals surface area contributed by atoms with E-state index in [-0.39, 0.29) is 5.41 Å². The van der Waals surface area contributed by atoms with Crippen molar-refractivity contribution in [2.75, 3.05) is 26.8 Å². The summed E-state index contributed by atoms with van der Waals surface area (Å²) in [6.45, 7) is 14.9. The zero-order valence-electron chi connectivity index (χ0n) is 20.0. The Morgan fingerprint density at radius 2 is 2.10 bits per heavy atom. The van der Waals surface area contributed by atoms with Gasteiger partial charge in [-0.2, -0.15) is 0 Å². The molecule has 1 aliphatic rings. The van der Waals surface area contributed by atoms with E-state index in [1.807, 2.05) is 13.0 Å². The lowest BCUT2D eigenvalue weighted by Crippen LogP contribution is -2.41. The molecule has 1 aromatic heterocycles. The quantitative estimate of drug-likeness (QED) is 0.530. The van der Waals surface area contributed by atoms with E-state index < -0.39 is 5.60 Å². The lowest BCUT2D eigenvalue weighted by Gasteiger charge is -2.40. The van der Waals surface area contributed by atoms with Gasteiger partial charge in [0.15, 0.2) is 0 Å². The number of ether oxygens (including phenoxy) is 1. The predicted octanol–water partition coefficient (Wildman–Crippen LogP) is 5.28. The minimum Gasteiger partial charge on any atom is -0.390 e. The highest BCUT2D eigenvalue weighted by Gasteiger charge is 2.43. The molecule has 2 aromatic rings. The average molecular weight is 425 g/mol. The molecule has 0 radical (unpaired) electrons. The van der Waals surface area contributed by atoms with Crippen LogP contribution in [0.15, 0.2) is 48.1 Å². The Balaban J connectivity index is 2.27. The highest BCUT2D eigenvalue weighted by Crippen LogP contribution is 2.45. The Hall–Kier alpha value is -1.88. The number of hydrogen-bond donors (Lipinski definition) is 3. The standard InChI is InChI=1S/C27H40N2O2/c1-7-23(19(3)4)27(18-31-6)16-20(15-26(5,30)8-2)17-28-14-13-22-21-11-9-10-12-24(21)29-25(22)27/h7,9-12,20,28-30H,1,8,13-18H2,2-6H3/t20-,26-,27-/m0/s1. The summed E-state index contributed by atoms with van der Waals surface area (Å²) in [4.78, 5) is 3.80. The van der Waals surface area contributed by atoms with Crippen LogP contribution >= 0.6 is 0 Å². The summed E-state index contributed by atoms with van der Waals surface area (Å²) in [5, 5.41) is 15.9. The fourth-order valence-electron chi connectivity index (χ4n) is 5.54. The van der Waals surface area contributed by atoms with E-state index in [0.29, 0.717) is 12.5 Å². The number of aromatic amines is 1. The maximum atomic E-state index is 10.9. The van der Waals surface area contributed by atoms with Crippen molar-refractivity contribution in [2.24, 2.45) is 5.92 Å². The minimum absolute atomic E-state index is 0.303. The van der Waals surface area contributed by atoms with Crippen LogP contribution in [-0.2, 0) is 16.6 Å². The highest BCUT2D eigenvalue weighted by atomic mass is 16.5. The van der Waals surface area contributed by atoms with Crippen LogP contribution in [0.5, 0.6) is 0 Å². The summed E-state index contributed by atoms with van der Waals surface area (Å²) in [7, 11) is 1.79. The van der Waals surface area contributed by atoms with Crippen molar-refractivity contribution in [3.05, 3.63) is 59.3 Å². The second kappa shape index (κ2) is 9.72. The van der Waals surface area contributed by atoms with Crippen molar-refractivity contribution >= 4 is 10.9 Å². The number of hydrogen-bond acceptors (Lipinski definition) is 3. The summed E-state index contributed by atoms with van der Waals surface area (Å²) in [6, 6.07) is 8.58. The molecule has 0 saturated carbocycles. The molecule has 170 valence electrons. The van der Waals surface area contributed by atoms with Crippen molar-refractivity contribution in [2.45, 2.75) is 64.4 Å². The first-order valence-corrected chi connectivity index (χ1v) is 11.6. The first kappa shape index (κ1) is 23.8. The van der Waals surface area contributed by atoms with Crippen molar-refractivity contribution < 1.29 is 9.84 Å². The second-order valence-electron chi connectivity index (χ2n) is 9.74. The van der Waals surface area contributed by atoms with E-state index in [9.17, 15) is 5.11 Å². The van der Waals surface area contributed by atoms with Gasteiger partial charge in [0.25, 0.3) is 0 Å². The lowest BCUT2D eigenvalue weighted by molar-refractivity contribution is 0.0224. The Labute approximate surface area is 187 Å². The zero-order valence-corrected chi connectivity index (χ0v) is 20.0. The molecule has 3 N–H and O–H groups in total. The number of methoxy groups -OCH3 is 1. The van der Waals surface area contributed by atoms with Crippen LogP contribution in [-0.4, -0.2) is 42.5 Å². The minimum atomic E-state index is -0.679. The lowest BCUT2D eigenvalue weighted by atomic mass is 9.67. The molecule has 31 heavy (non-hydrogen) atoms. The molecule has 2 heterocycles. The van der Waals surface area contributed by atoms with E-state index in [1.54, 1.807) is 7.11 Å². The number of H-pyrrole nitrogens is 1. The van der Waals surface area contributed by atoms with Gasteiger partial charge in [0.1, 0.15) is 0 Å². The van der Waals surface area contributed by atoms with Gasteiger partial charge in [0.05, 0.1) is 17.6 Å². The van der Waals surface area contributed by atoms with Crippen LogP contribution in [0.2, 0.25) is 0 Å². The topological polar surface area (TPSA) is 57.3 Å². The summed E-state index contributed by atoms with van der Waals surface area (Å²) in [6.07, 6.45) is 5.36. The van der Waals surface area contributed by atoms with Crippen molar-refractivity contribution in [1.29, 1.82) is 0 Å². The summed E-state index contributed by atoms with van der Waals surface area (Å²) < 4.78 is 5.93. The number of aromatic nitrogens is 1. The van der Waals surface area contributed by atoms with Crippen molar-refractivity contribution in [1.82, 2.24) is 10.3 Å². The summed E-state index contributed by atoms with van der Waals surface area (Å²) in [5.74, 6) is 0.303. The third kappa shape index (κ3) is 4.82. The molecule has 0 saturated heterocycles. The number of fused-ring (bicyclic) bond motifs is 3. The predicted molar refractivity (Wildman–Crippen MR) is 131 cm³/mol. The fourth-order valence-corrected chi connectivity index (χ4v) is 5.54. The second-order valence-corrected chi connectivity index (χ2v) is 9.74. The molecule has 0 fully saturated rings. The first-order chi connectivity index (χ1) is 14.8. The van der Waals surface area contributed by atoms with Crippen LogP contribution in [0.1, 0.15) is 58.2 Å². The van der Waals surface area contributed by atoms with Gasteiger partial charge >= 0.3 is 0 Å². The van der Waals surface area contributed by atoms with Gasteiger partial charge in [-0.3, -0.25) is 0 Å². The van der Waals surface area contributed by atoms with Gasteiger partial charge in [-0.25, -0.2) is 0 Å². The maximum Gasteiger partial charge on any atom is 0.0620 e. The first-order valence-electron chi connectivity index (χ1n) is 11.6. The molecule has 4 nitrogen and oxygen atoms in total. The van der Waals surface area contributed by atoms with Gasteiger partial charge in [-0.1, -0.05) is 43.4 Å². The SMILES string of the molecule is C=CC(=C(C)C)[C@@]1(COC)C[C@H](C[C@@](C)(O)CC)CNCCc2c1[nH]c1ccccc21. The number of aliphatic hydroxyl groups is 1. The monoisotopic (exact) mass is 424 g/mol. The number of rotatable bonds is 7. The highest BCUT2D eigenvalue weighted by molar-refractivity contribution is 5.85. The summed E-state index contributed by atoms with van der Waals surface area (Å²) in [5.41, 5.74) is 5.24. The van der Waals surface area contributed by atoms with Gasteiger partial charge in [-0.05, 0) is 82.7 Å². The van der Waals surface area contributed by atoms with Crippen LogP contribution in [0.25, 0.3) is 10.9 Å². The molecule has 1 aromatic carbocycles. The third-order valence-corrected chi connectivity index (χ3v) is 7.05. The number of para-hydroxylation sites is 1. The molecule has 0 amide bonds. The maximum absolute atomic E-state index is 10.9.